The lowest BCUT2D eigenvalue weighted by atomic mass is 9.90. The van der Waals surface area contributed by atoms with Crippen molar-refractivity contribution in [1.29, 1.82) is 0 Å². The first kappa shape index (κ1) is 14.4. The third-order valence-electron chi connectivity index (χ3n) is 3.13. The summed E-state index contributed by atoms with van der Waals surface area (Å²) in [5, 5.41) is 9.40. The lowest BCUT2D eigenvalue weighted by Crippen LogP contribution is -2.47. The van der Waals surface area contributed by atoms with E-state index in [-0.39, 0.29) is 17.2 Å². The van der Waals surface area contributed by atoms with Crippen molar-refractivity contribution in [3.8, 4) is 0 Å². The molecule has 1 fully saturated rings. The van der Waals surface area contributed by atoms with Gasteiger partial charge in [-0.25, -0.2) is 13.1 Å². The Morgan fingerprint density at radius 1 is 1.53 bits per heavy atom. The summed E-state index contributed by atoms with van der Waals surface area (Å²) < 4.78 is 32.5. The molecule has 0 aliphatic heterocycles. The van der Waals surface area contributed by atoms with Gasteiger partial charge in [-0.3, -0.25) is 5.10 Å². The summed E-state index contributed by atoms with van der Waals surface area (Å²) in [6.45, 7) is 3.06. The molecule has 0 saturated heterocycles. The van der Waals surface area contributed by atoms with Gasteiger partial charge in [0, 0.05) is 24.8 Å². The molecular weight excluding hydrogens is 268 g/mol. The molecule has 1 aromatic rings. The number of aromatic amines is 1. The molecule has 19 heavy (non-hydrogen) atoms. The highest BCUT2D eigenvalue weighted by molar-refractivity contribution is 7.89. The Morgan fingerprint density at radius 2 is 2.26 bits per heavy atom. The number of H-pyrrole nitrogens is 1. The molecule has 2 rings (SSSR count). The predicted octanol–water partition coefficient (Wildman–Crippen LogP) is -0.0251. The Morgan fingerprint density at radius 3 is 2.89 bits per heavy atom. The normalized spacial score (nSPS) is 23.3. The topological polar surface area (TPSA) is 96.1 Å². The molecule has 1 aliphatic carbocycles. The van der Waals surface area contributed by atoms with E-state index in [0.29, 0.717) is 18.7 Å². The fraction of sp³-hybridized carbons (Fsp3) is 0.727. The molecule has 1 saturated carbocycles. The van der Waals surface area contributed by atoms with Crippen LogP contribution in [0.1, 0.15) is 25.3 Å². The number of hydrogen-bond acceptors (Lipinski definition) is 5. The highest BCUT2D eigenvalue weighted by Gasteiger charge is 2.34. The van der Waals surface area contributed by atoms with Crippen LogP contribution in [0.15, 0.2) is 11.2 Å². The number of ether oxygens (including phenoxy) is 1. The summed E-state index contributed by atoms with van der Waals surface area (Å²) in [5.74, 6) is 0. The van der Waals surface area contributed by atoms with Gasteiger partial charge in [-0.1, -0.05) is 0 Å². The van der Waals surface area contributed by atoms with E-state index in [0.717, 1.165) is 12.8 Å². The molecule has 0 aromatic carbocycles. The van der Waals surface area contributed by atoms with E-state index in [9.17, 15) is 8.42 Å². The van der Waals surface area contributed by atoms with Crippen molar-refractivity contribution in [2.75, 3.05) is 13.7 Å². The van der Waals surface area contributed by atoms with Gasteiger partial charge in [-0.2, -0.15) is 5.10 Å². The fourth-order valence-electron chi connectivity index (χ4n) is 2.16. The summed E-state index contributed by atoms with van der Waals surface area (Å²) in [6, 6.07) is -0.0488. The van der Waals surface area contributed by atoms with Gasteiger partial charge in [0.25, 0.3) is 10.0 Å². The van der Waals surface area contributed by atoms with Gasteiger partial charge in [0.2, 0.25) is 0 Å². The Labute approximate surface area is 113 Å². The minimum Gasteiger partial charge on any atom is -0.378 e. The number of hydrogen-bond donors (Lipinski definition) is 3. The maximum absolute atomic E-state index is 12.2. The first-order valence-corrected chi connectivity index (χ1v) is 7.86. The highest BCUT2D eigenvalue weighted by atomic mass is 32.2. The van der Waals surface area contributed by atoms with Gasteiger partial charge in [0.1, 0.15) is 0 Å². The average Bonchev–Trinajstić information content (AvgIpc) is 2.76. The van der Waals surface area contributed by atoms with Crippen LogP contribution in [0.25, 0.3) is 0 Å². The third-order valence-corrected chi connectivity index (χ3v) is 4.67. The molecule has 0 radical (unpaired) electrons. The molecule has 108 valence electrons. The van der Waals surface area contributed by atoms with Crippen LogP contribution in [-0.4, -0.2) is 44.4 Å². The summed E-state index contributed by atoms with van der Waals surface area (Å²) in [5.41, 5.74) is 0.635. The van der Waals surface area contributed by atoms with Crippen molar-refractivity contribution in [3.05, 3.63) is 11.8 Å². The van der Waals surface area contributed by atoms with E-state index in [4.69, 9.17) is 4.74 Å². The van der Waals surface area contributed by atoms with Crippen molar-refractivity contribution in [2.45, 2.75) is 43.5 Å². The van der Waals surface area contributed by atoms with Crippen LogP contribution in [0.2, 0.25) is 0 Å². The van der Waals surface area contributed by atoms with Crippen molar-refractivity contribution >= 4 is 10.0 Å². The summed E-state index contributed by atoms with van der Waals surface area (Å²) >= 11 is 0. The molecule has 8 heteroatoms. The third kappa shape index (κ3) is 3.33. The largest absolute Gasteiger partial charge is 0.378 e. The Kier molecular flexibility index (Phi) is 4.56. The fourth-order valence-corrected chi connectivity index (χ4v) is 3.55. The quantitative estimate of drug-likeness (QED) is 0.655. The molecule has 0 bridgehead atoms. The zero-order chi connectivity index (χ0) is 13.9. The van der Waals surface area contributed by atoms with Crippen molar-refractivity contribution < 1.29 is 13.2 Å². The van der Waals surface area contributed by atoms with Crippen LogP contribution in [0, 0.1) is 0 Å². The van der Waals surface area contributed by atoms with Gasteiger partial charge < -0.3 is 10.1 Å². The zero-order valence-corrected chi connectivity index (χ0v) is 12.0. The van der Waals surface area contributed by atoms with Crippen LogP contribution in [-0.2, 0) is 21.3 Å². The molecule has 1 aliphatic rings. The second-order valence-corrected chi connectivity index (χ2v) is 6.27. The van der Waals surface area contributed by atoms with Gasteiger partial charge in [-0.15, -0.1) is 0 Å². The molecule has 3 N–H and O–H groups in total. The molecule has 0 atom stereocenters. The minimum absolute atomic E-state index is 0.0488. The summed E-state index contributed by atoms with van der Waals surface area (Å²) in [7, 11) is -1.77. The number of rotatable bonds is 7. The number of nitrogens with zero attached hydrogens (tertiary/aromatic N) is 1. The first-order chi connectivity index (χ1) is 9.06. The van der Waals surface area contributed by atoms with Crippen LogP contribution >= 0.6 is 0 Å². The van der Waals surface area contributed by atoms with Crippen molar-refractivity contribution in [1.82, 2.24) is 20.2 Å². The lowest BCUT2D eigenvalue weighted by molar-refractivity contribution is -0.00477. The molecular formula is C11H20N4O3S. The number of nitrogens with one attached hydrogen (secondary N) is 3. The Balaban J connectivity index is 1.97. The molecule has 1 aromatic heterocycles. The number of sulfonamides is 1. The van der Waals surface area contributed by atoms with Gasteiger partial charge in [0.15, 0.2) is 5.03 Å². The van der Waals surface area contributed by atoms with Gasteiger partial charge in [-0.05, 0) is 26.8 Å². The number of aromatic nitrogens is 2. The smallest absolute Gasteiger partial charge is 0.258 e. The van der Waals surface area contributed by atoms with Crippen molar-refractivity contribution in [2.24, 2.45) is 0 Å². The molecule has 0 amide bonds. The van der Waals surface area contributed by atoms with E-state index in [1.54, 1.807) is 7.05 Å². The zero-order valence-electron chi connectivity index (χ0n) is 11.1. The minimum atomic E-state index is -3.53. The predicted molar refractivity (Wildman–Crippen MR) is 70.1 cm³/mol. The molecule has 0 unspecified atom stereocenters. The Hall–Kier alpha value is -0.960. The molecule has 7 nitrogen and oxygen atoms in total. The molecule has 0 spiro atoms. The van der Waals surface area contributed by atoms with E-state index in [1.165, 1.54) is 6.20 Å². The van der Waals surface area contributed by atoms with Crippen molar-refractivity contribution in [3.63, 3.8) is 0 Å². The van der Waals surface area contributed by atoms with Crippen LogP contribution in [0.3, 0.4) is 0 Å². The maximum atomic E-state index is 12.2. The van der Waals surface area contributed by atoms with Gasteiger partial charge in [0.05, 0.1) is 12.3 Å². The standard InChI is InChI=1S/C11H20N4O3S/c1-3-18-10-4-9(5-10)15-19(16,17)11-8(6-12-2)7-13-14-11/h7,9-10,12,15H,3-6H2,1-2H3,(H,13,14). The summed E-state index contributed by atoms with van der Waals surface area (Å²) in [6.07, 6.45) is 3.15. The van der Waals surface area contributed by atoms with E-state index < -0.39 is 10.0 Å². The SMILES string of the molecule is CCOC1CC(NS(=O)(=O)c2[nH]ncc2CNC)C1. The Bertz CT molecular complexity index is 508. The first-order valence-electron chi connectivity index (χ1n) is 6.37. The van der Waals surface area contributed by atoms with E-state index in [1.807, 2.05) is 6.92 Å². The van der Waals surface area contributed by atoms with E-state index in [2.05, 4.69) is 20.2 Å². The second kappa shape index (κ2) is 6.00. The van der Waals surface area contributed by atoms with Crippen LogP contribution < -0.4 is 10.0 Å². The highest BCUT2D eigenvalue weighted by Crippen LogP contribution is 2.25. The van der Waals surface area contributed by atoms with Gasteiger partial charge >= 0.3 is 0 Å². The summed E-state index contributed by atoms with van der Waals surface area (Å²) in [4.78, 5) is 0. The van der Waals surface area contributed by atoms with E-state index >= 15 is 0 Å². The monoisotopic (exact) mass is 288 g/mol. The maximum Gasteiger partial charge on any atom is 0.258 e. The van der Waals surface area contributed by atoms with Crippen LogP contribution in [0.4, 0.5) is 0 Å². The second-order valence-electron chi connectivity index (χ2n) is 4.62. The lowest BCUT2D eigenvalue weighted by Gasteiger charge is -2.34. The molecule has 1 heterocycles. The average molecular weight is 288 g/mol. The van der Waals surface area contributed by atoms with Crippen LogP contribution in [0.5, 0.6) is 0 Å².